The third kappa shape index (κ3) is 5.20. The Kier molecular flexibility index (Phi) is 6.93. The third-order valence-corrected chi connectivity index (χ3v) is 6.75. The van der Waals surface area contributed by atoms with Crippen molar-refractivity contribution in [2.45, 2.75) is 32.3 Å². The van der Waals surface area contributed by atoms with Crippen LogP contribution in [0.25, 0.3) is 6.08 Å². The number of carbonyl (C=O) groups excluding carboxylic acids is 1. The Labute approximate surface area is 199 Å². The summed E-state index contributed by atoms with van der Waals surface area (Å²) in [5.74, 6) is 0. The summed E-state index contributed by atoms with van der Waals surface area (Å²) in [6.07, 6.45) is 7.55. The van der Waals surface area contributed by atoms with E-state index in [9.17, 15) is 4.79 Å². The summed E-state index contributed by atoms with van der Waals surface area (Å²) in [7, 11) is 0. The van der Waals surface area contributed by atoms with Crippen LogP contribution in [0.15, 0.2) is 36.5 Å². The van der Waals surface area contributed by atoms with E-state index < -0.39 is 11.7 Å². The van der Waals surface area contributed by atoms with E-state index in [1.807, 2.05) is 44.2 Å². The SMILES string of the molecule is CC1(C)OC(=O)Nc2cc(C=CCCCN3CCN(c4cccc(Cl)c4Cl)CC3)ncc21. The molecule has 0 unspecified atom stereocenters. The van der Waals surface area contributed by atoms with Gasteiger partial charge in [-0.1, -0.05) is 35.3 Å². The van der Waals surface area contributed by atoms with Gasteiger partial charge in [0.1, 0.15) is 5.60 Å². The number of benzene rings is 1. The molecule has 1 aromatic carbocycles. The van der Waals surface area contributed by atoms with Gasteiger partial charge in [0.25, 0.3) is 0 Å². The summed E-state index contributed by atoms with van der Waals surface area (Å²) < 4.78 is 5.33. The zero-order valence-corrected chi connectivity index (χ0v) is 19.9. The van der Waals surface area contributed by atoms with Crippen LogP contribution in [0, 0.1) is 0 Å². The van der Waals surface area contributed by atoms with E-state index in [0.29, 0.717) is 10.0 Å². The fraction of sp³-hybridized carbons (Fsp3) is 0.417. The third-order valence-electron chi connectivity index (χ3n) is 5.94. The van der Waals surface area contributed by atoms with E-state index in [1.165, 1.54) is 0 Å². The lowest BCUT2D eigenvalue weighted by molar-refractivity contribution is 0.0418. The van der Waals surface area contributed by atoms with Gasteiger partial charge in [-0.05, 0) is 57.5 Å². The number of hydrogen-bond donors (Lipinski definition) is 1. The fourth-order valence-corrected chi connectivity index (χ4v) is 4.57. The van der Waals surface area contributed by atoms with Crippen LogP contribution in [0.4, 0.5) is 16.2 Å². The monoisotopic (exact) mass is 474 g/mol. The topological polar surface area (TPSA) is 57.7 Å². The van der Waals surface area contributed by atoms with E-state index in [-0.39, 0.29) is 0 Å². The molecule has 0 radical (unpaired) electrons. The summed E-state index contributed by atoms with van der Waals surface area (Å²) in [6, 6.07) is 7.70. The standard InChI is InChI=1S/C24H28Cl2N4O2/c1-24(2)18-16-27-17(15-20(18)28-23(31)32-24)7-4-3-5-10-29-11-13-30(14-12-29)21-9-6-8-19(25)22(21)26/h4,6-9,15-16H,3,5,10-14H2,1-2H3,(H,28,31). The molecule has 0 bridgehead atoms. The molecule has 0 aliphatic carbocycles. The molecule has 2 aliphatic heterocycles. The summed E-state index contributed by atoms with van der Waals surface area (Å²) in [4.78, 5) is 21.0. The maximum Gasteiger partial charge on any atom is 0.412 e. The van der Waals surface area contributed by atoms with Crippen LogP contribution in [0.3, 0.4) is 0 Å². The Morgan fingerprint density at radius 2 is 2.00 bits per heavy atom. The Hall–Kier alpha value is -2.28. The quantitative estimate of drug-likeness (QED) is 0.535. The Morgan fingerprint density at radius 3 is 2.78 bits per heavy atom. The summed E-state index contributed by atoms with van der Waals surface area (Å²) in [6.45, 7) is 8.70. The molecule has 8 heteroatoms. The molecule has 1 saturated heterocycles. The normalized spacial score (nSPS) is 18.4. The highest BCUT2D eigenvalue weighted by Crippen LogP contribution is 2.35. The molecule has 0 spiro atoms. The molecular formula is C24H28Cl2N4O2. The first kappa shape index (κ1) is 22.9. The maximum atomic E-state index is 11.7. The minimum Gasteiger partial charge on any atom is -0.438 e. The number of hydrogen-bond acceptors (Lipinski definition) is 5. The van der Waals surface area contributed by atoms with E-state index >= 15 is 0 Å². The van der Waals surface area contributed by atoms with Gasteiger partial charge in [-0.3, -0.25) is 15.2 Å². The van der Waals surface area contributed by atoms with Gasteiger partial charge in [0, 0.05) is 37.9 Å². The van der Waals surface area contributed by atoms with Crippen LogP contribution in [-0.4, -0.2) is 48.7 Å². The lowest BCUT2D eigenvalue weighted by Gasteiger charge is -2.36. The predicted molar refractivity (Wildman–Crippen MR) is 131 cm³/mol. The number of anilines is 2. The molecule has 170 valence electrons. The molecule has 6 nitrogen and oxygen atoms in total. The average Bonchev–Trinajstić information content (AvgIpc) is 2.75. The number of carbonyl (C=O) groups is 1. The predicted octanol–water partition coefficient (Wildman–Crippen LogP) is 5.80. The van der Waals surface area contributed by atoms with Gasteiger partial charge in [0.15, 0.2) is 0 Å². The number of aromatic nitrogens is 1. The molecule has 4 rings (SSSR count). The van der Waals surface area contributed by atoms with Crippen LogP contribution >= 0.6 is 23.2 Å². The Bertz CT molecular complexity index is 1020. The van der Waals surface area contributed by atoms with Crippen molar-refractivity contribution in [1.82, 2.24) is 9.88 Å². The zero-order valence-electron chi connectivity index (χ0n) is 18.4. The minimum atomic E-state index is -0.672. The molecule has 0 atom stereocenters. The molecule has 32 heavy (non-hydrogen) atoms. The molecule has 0 saturated carbocycles. The van der Waals surface area contributed by atoms with Gasteiger partial charge in [-0.2, -0.15) is 0 Å². The number of ether oxygens (including phenoxy) is 1. The van der Waals surface area contributed by atoms with Gasteiger partial charge >= 0.3 is 6.09 Å². The fourth-order valence-electron chi connectivity index (χ4n) is 4.15. The molecular weight excluding hydrogens is 447 g/mol. The smallest absolute Gasteiger partial charge is 0.412 e. The zero-order chi connectivity index (χ0) is 22.7. The number of pyridine rings is 1. The first-order valence-corrected chi connectivity index (χ1v) is 11.7. The number of nitrogens with zero attached hydrogens (tertiary/aromatic N) is 3. The van der Waals surface area contributed by atoms with Crippen LogP contribution in [0.1, 0.15) is 37.9 Å². The second kappa shape index (κ2) is 9.69. The van der Waals surface area contributed by atoms with Gasteiger partial charge in [-0.25, -0.2) is 4.79 Å². The van der Waals surface area contributed by atoms with E-state index in [0.717, 1.165) is 68.2 Å². The largest absolute Gasteiger partial charge is 0.438 e. The summed E-state index contributed by atoms with van der Waals surface area (Å²) in [5, 5.41) is 4.00. The van der Waals surface area contributed by atoms with Crippen molar-refractivity contribution in [2.75, 3.05) is 42.9 Å². The van der Waals surface area contributed by atoms with Crippen molar-refractivity contribution in [3.05, 3.63) is 57.8 Å². The van der Waals surface area contributed by atoms with Gasteiger partial charge < -0.3 is 9.64 Å². The van der Waals surface area contributed by atoms with Crippen molar-refractivity contribution in [3.8, 4) is 0 Å². The molecule has 1 aromatic heterocycles. The number of fused-ring (bicyclic) bond motifs is 1. The van der Waals surface area contributed by atoms with E-state index in [4.69, 9.17) is 27.9 Å². The lowest BCUT2D eigenvalue weighted by atomic mass is 9.96. The highest BCUT2D eigenvalue weighted by atomic mass is 35.5. The number of allylic oxidation sites excluding steroid dienone is 1. The number of unbranched alkanes of at least 4 members (excludes halogenated alkanes) is 1. The van der Waals surface area contributed by atoms with Gasteiger partial charge in [0.05, 0.1) is 27.1 Å². The molecule has 3 heterocycles. The second-order valence-electron chi connectivity index (χ2n) is 8.63. The van der Waals surface area contributed by atoms with Crippen molar-refractivity contribution in [2.24, 2.45) is 0 Å². The molecule has 2 aliphatic rings. The first-order chi connectivity index (χ1) is 15.3. The lowest BCUT2D eigenvalue weighted by Crippen LogP contribution is -2.46. The highest BCUT2D eigenvalue weighted by molar-refractivity contribution is 6.43. The number of cyclic esters (lactones) is 1. The van der Waals surface area contributed by atoms with Crippen LogP contribution in [0.5, 0.6) is 0 Å². The highest BCUT2D eigenvalue weighted by Gasteiger charge is 2.33. The number of halogens is 2. The van der Waals surface area contributed by atoms with Crippen molar-refractivity contribution >= 4 is 46.7 Å². The second-order valence-corrected chi connectivity index (χ2v) is 9.41. The van der Waals surface area contributed by atoms with Crippen molar-refractivity contribution < 1.29 is 9.53 Å². The van der Waals surface area contributed by atoms with E-state index in [2.05, 4.69) is 26.2 Å². The molecule has 2 aromatic rings. The van der Waals surface area contributed by atoms with Crippen LogP contribution in [-0.2, 0) is 10.3 Å². The van der Waals surface area contributed by atoms with Crippen LogP contribution < -0.4 is 10.2 Å². The molecule has 1 amide bonds. The molecule has 1 N–H and O–H groups in total. The summed E-state index contributed by atoms with van der Waals surface area (Å²) >= 11 is 12.5. The number of piperazine rings is 1. The van der Waals surface area contributed by atoms with Gasteiger partial charge in [0.2, 0.25) is 0 Å². The van der Waals surface area contributed by atoms with Crippen LogP contribution in [0.2, 0.25) is 10.0 Å². The van der Waals surface area contributed by atoms with Gasteiger partial charge in [-0.15, -0.1) is 0 Å². The van der Waals surface area contributed by atoms with Crippen molar-refractivity contribution in [1.29, 1.82) is 0 Å². The van der Waals surface area contributed by atoms with Crippen molar-refractivity contribution in [3.63, 3.8) is 0 Å². The Balaban J connectivity index is 1.23. The first-order valence-electron chi connectivity index (χ1n) is 10.9. The number of rotatable bonds is 6. The summed E-state index contributed by atoms with van der Waals surface area (Å²) in [5.41, 5.74) is 2.82. The molecule has 1 fully saturated rings. The number of nitrogens with one attached hydrogen (secondary N) is 1. The average molecular weight is 475 g/mol. The Morgan fingerprint density at radius 1 is 1.22 bits per heavy atom. The maximum absolute atomic E-state index is 11.7. The van der Waals surface area contributed by atoms with E-state index in [1.54, 1.807) is 6.20 Å². The number of amides is 1. The minimum absolute atomic E-state index is 0.429.